The summed E-state index contributed by atoms with van der Waals surface area (Å²) in [5.41, 5.74) is 2.02. The molecule has 0 spiro atoms. The van der Waals surface area contributed by atoms with Crippen LogP contribution in [0, 0.1) is 0 Å². The predicted octanol–water partition coefficient (Wildman–Crippen LogP) is 2.25. The van der Waals surface area contributed by atoms with E-state index in [-0.39, 0.29) is 0 Å². The molecule has 1 saturated heterocycles. The molecular weight excluding hydrogens is 246 g/mol. The Morgan fingerprint density at radius 1 is 1.28 bits per heavy atom. The fourth-order valence-corrected chi connectivity index (χ4v) is 2.92. The van der Waals surface area contributed by atoms with Crippen LogP contribution in [-0.2, 0) is 4.74 Å². The Balaban J connectivity index is 1.86. The second kappa shape index (κ2) is 5.12. The number of hydrogen-bond donors (Lipinski definition) is 0. The van der Waals surface area contributed by atoms with Crippen LogP contribution < -0.4 is 0 Å². The zero-order chi connectivity index (χ0) is 12.4. The van der Waals surface area contributed by atoms with Crippen molar-refractivity contribution in [3.05, 3.63) is 36.5 Å². The van der Waals surface area contributed by atoms with Crippen LogP contribution in [0.25, 0.3) is 11.3 Å². The lowest BCUT2D eigenvalue weighted by atomic mass is 10.2. The maximum absolute atomic E-state index is 5.52. The average Bonchev–Trinajstić information content (AvgIpc) is 3.08. The SMILES string of the molecule is CS[C@@H]1COC[C@H]1n1cc(-c2ccccc2)nn1. The molecule has 1 aliphatic rings. The monoisotopic (exact) mass is 261 g/mol. The van der Waals surface area contributed by atoms with E-state index in [2.05, 4.69) is 16.6 Å². The molecule has 1 fully saturated rings. The first-order valence-electron chi connectivity index (χ1n) is 5.96. The van der Waals surface area contributed by atoms with E-state index in [0.717, 1.165) is 24.5 Å². The van der Waals surface area contributed by atoms with Crippen molar-refractivity contribution < 1.29 is 4.74 Å². The van der Waals surface area contributed by atoms with Gasteiger partial charge in [-0.3, -0.25) is 0 Å². The Labute approximate surface area is 110 Å². The molecule has 3 rings (SSSR count). The van der Waals surface area contributed by atoms with Crippen LogP contribution in [0.3, 0.4) is 0 Å². The van der Waals surface area contributed by atoms with E-state index in [4.69, 9.17) is 4.74 Å². The van der Waals surface area contributed by atoms with Gasteiger partial charge in [0.05, 0.1) is 30.7 Å². The van der Waals surface area contributed by atoms with Gasteiger partial charge >= 0.3 is 0 Å². The van der Waals surface area contributed by atoms with Crippen molar-refractivity contribution in [3.8, 4) is 11.3 Å². The van der Waals surface area contributed by atoms with Gasteiger partial charge in [0.25, 0.3) is 0 Å². The average molecular weight is 261 g/mol. The minimum atomic E-state index is 0.296. The maximum atomic E-state index is 5.52. The predicted molar refractivity (Wildman–Crippen MR) is 72.6 cm³/mol. The van der Waals surface area contributed by atoms with Gasteiger partial charge in [-0.05, 0) is 6.26 Å². The minimum Gasteiger partial charge on any atom is -0.378 e. The van der Waals surface area contributed by atoms with Gasteiger partial charge in [-0.15, -0.1) is 5.10 Å². The number of thioether (sulfide) groups is 1. The van der Waals surface area contributed by atoms with Crippen molar-refractivity contribution >= 4 is 11.8 Å². The highest BCUT2D eigenvalue weighted by Crippen LogP contribution is 2.28. The summed E-state index contributed by atoms with van der Waals surface area (Å²) >= 11 is 1.83. The highest BCUT2D eigenvalue weighted by atomic mass is 32.2. The van der Waals surface area contributed by atoms with Gasteiger partial charge in [0.1, 0.15) is 5.69 Å². The molecule has 0 N–H and O–H groups in total. The molecule has 0 saturated carbocycles. The fraction of sp³-hybridized carbons (Fsp3) is 0.385. The lowest BCUT2D eigenvalue weighted by Gasteiger charge is -2.14. The van der Waals surface area contributed by atoms with Gasteiger partial charge in [0.2, 0.25) is 0 Å². The number of aromatic nitrogens is 3. The summed E-state index contributed by atoms with van der Waals surface area (Å²) in [5.74, 6) is 0. The Morgan fingerprint density at radius 2 is 2.11 bits per heavy atom. The molecule has 1 aromatic heterocycles. The second-order valence-electron chi connectivity index (χ2n) is 4.33. The lowest BCUT2D eigenvalue weighted by molar-refractivity contribution is 0.184. The van der Waals surface area contributed by atoms with E-state index in [9.17, 15) is 0 Å². The quantitative estimate of drug-likeness (QED) is 0.849. The third-order valence-electron chi connectivity index (χ3n) is 3.22. The van der Waals surface area contributed by atoms with E-state index in [1.807, 2.05) is 53.0 Å². The van der Waals surface area contributed by atoms with Crippen molar-refractivity contribution in [1.82, 2.24) is 15.0 Å². The molecule has 2 aromatic rings. The molecule has 2 heterocycles. The zero-order valence-electron chi connectivity index (χ0n) is 10.2. The zero-order valence-corrected chi connectivity index (χ0v) is 11.0. The summed E-state index contributed by atoms with van der Waals surface area (Å²) in [4.78, 5) is 0. The van der Waals surface area contributed by atoms with E-state index >= 15 is 0 Å². The molecule has 1 aliphatic heterocycles. The lowest BCUT2D eigenvalue weighted by Crippen LogP contribution is -2.20. The summed E-state index contributed by atoms with van der Waals surface area (Å²) < 4.78 is 7.46. The van der Waals surface area contributed by atoms with Crippen molar-refractivity contribution in [2.75, 3.05) is 19.5 Å². The number of benzene rings is 1. The van der Waals surface area contributed by atoms with Crippen LogP contribution in [0.15, 0.2) is 36.5 Å². The Hall–Kier alpha value is -1.33. The summed E-state index contributed by atoms with van der Waals surface area (Å²) in [6.07, 6.45) is 4.12. The van der Waals surface area contributed by atoms with Gasteiger partial charge in [0, 0.05) is 5.56 Å². The summed E-state index contributed by atoms with van der Waals surface area (Å²) in [6.45, 7) is 1.52. The highest BCUT2D eigenvalue weighted by Gasteiger charge is 2.30. The standard InChI is InChI=1S/C13H15N3OS/c1-18-13-9-17-8-12(13)16-7-11(14-15-16)10-5-3-2-4-6-10/h2-7,12-13H,8-9H2,1H3/t12-,13-/m1/s1. The van der Waals surface area contributed by atoms with Crippen LogP contribution in [-0.4, -0.2) is 39.7 Å². The Kier molecular flexibility index (Phi) is 3.34. The Bertz CT molecular complexity index is 514. The van der Waals surface area contributed by atoms with E-state index in [0.29, 0.717) is 11.3 Å². The number of hydrogen-bond acceptors (Lipinski definition) is 4. The van der Waals surface area contributed by atoms with Gasteiger partial charge in [-0.25, -0.2) is 4.68 Å². The van der Waals surface area contributed by atoms with Crippen LogP contribution in [0.1, 0.15) is 6.04 Å². The van der Waals surface area contributed by atoms with Crippen LogP contribution in [0.2, 0.25) is 0 Å². The van der Waals surface area contributed by atoms with Crippen LogP contribution in [0.4, 0.5) is 0 Å². The normalized spacial score (nSPS) is 23.4. The largest absolute Gasteiger partial charge is 0.378 e. The van der Waals surface area contributed by atoms with Gasteiger partial charge in [-0.1, -0.05) is 35.5 Å². The molecule has 1 aromatic carbocycles. The first-order valence-corrected chi connectivity index (χ1v) is 7.25. The smallest absolute Gasteiger partial charge is 0.113 e. The first kappa shape index (κ1) is 11.7. The third-order valence-corrected chi connectivity index (χ3v) is 4.28. The fourth-order valence-electron chi connectivity index (χ4n) is 2.18. The van der Waals surface area contributed by atoms with Crippen molar-refractivity contribution in [3.63, 3.8) is 0 Å². The van der Waals surface area contributed by atoms with Crippen molar-refractivity contribution in [2.45, 2.75) is 11.3 Å². The molecule has 0 unspecified atom stereocenters. The number of nitrogens with zero attached hydrogens (tertiary/aromatic N) is 3. The number of ether oxygens (including phenoxy) is 1. The second-order valence-corrected chi connectivity index (χ2v) is 5.41. The van der Waals surface area contributed by atoms with Gasteiger partial charge < -0.3 is 4.74 Å². The molecule has 0 radical (unpaired) electrons. The van der Waals surface area contributed by atoms with Crippen molar-refractivity contribution in [1.29, 1.82) is 0 Å². The van der Waals surface area contributed by atoms with Crippen LogP contribution >= 0.6 is 11.8 Å². The molecule has 0 aliphatic carbocycles. The summed E-state index contributed by atoms with van der Waals surface area (Å²) in [6, 6.07) is 10.4. The van der Waals surface area contributed by atoms with Crippen molar-refractivity contribution in [2.24, 2.45) is 0 Å². The van der Waals surface area contributed by atoms with Crippen LogP contribution in [0.5, 0.6) is 0 Å². The maximum Gasteiger partial charge on any atom is 0.113 e. The van der Waals surface area contributed by atoms with E-state index in [1.165, 1.54) is 0 Å². The molecule has 5 heteroatoms. The third kappa shape index (κ3) is 2.15. The molecule has 0 bridgehead atoms. The van der Waals surface area contributed by atoms with Gasteiger partial charge in [-0.2, -0.15) is 11.8 Å². The number of rotatable bonds is 3. The highest BCUT2D eigenvalue weighted by molar-refractivity contribution is 7.99. The molecule has 18 heavy (non-hydrogen) atoms. The molecule has 0 amide bonds. The van der Waals surface area contributed by atoms with E-state index < -0.39 is 0 Å². The summed E-state index contributed by atoms with van der Waals surface area (Å²) in [7, 11) is 0. The van der Waals surface area contributed by atoms with E-state index in [1.54, 1.807) is 0 Å². The first-order chi connectivity index (χ1) is 8.88. The molecule has 2 atom stereocenters. The Morgan fingerprint density at radius 3 is 2.89 bits per heavy atom. The minimum absolute atomic E-state index is 0.296. The van der Waals surface area contributed by atoms with Gasteiger partial charge in [0.15, 0.2) is 0 Å². The molecular formula is C13H15N3OS. The topological polar surface area (TPSA) is 39.9 Å². The molecule has 94 valence electrons. The summed E-state index contributed by atoms with van der Waals surface area (Å²) in [5, 5.41) is 8.96. The molecule has 4 nitrogen and oxygen atoms in total.